The van der Waals surface area contributed by atoms with Gasteiger partial charge in [-0.25, -0.2) is 0 Å². The Balaban J connectivity index is 2.30. The lowest BCUT2D eigenvalue weighted by molar-refractivity contribution is -0.214. The van der Waals surface area contributed by atoms with Crippen molar-refractivity contribution in [2.75, 3.05) is 0 Å². The Bertz CT molecular complexity index is 561. The van der Waals surface area contributed by atoms with Crippen LogP contribution in [0.5, 0.6) is 0 Å². The lowest BCUT2D eigenvalue weighted by atomic mass is 10.0. The van der Waals surface area contributed by atoms with Crippen molar-refractivity contribution < 1.29 is 14.6 Å². The van der Waals surface area contributed by atoms with Gasteiger partial charge in [-0.05, 0) is 25.0 Å². The molecule has 0 saturated heterocycles. The van der Waals surface area contributed by atoms with Crippen molar-refractivity contribution in [3.8, 4) is 11.1 Å². The van der Waals surface area contributed by atoms with E-state index in [0.717, 1.165) is 11.1 Å². The second kappa shape index (κ2) is 5.99. The van der Waals surface area contributed by atoms with E-state index in [-0.39, 0.29) is 6.10 Å². The average Bonchev–Trinajstić information content (AvgIpc) is 2.47. The third kappa shape index (κ3) is 3.13. The van der Waals surface area contributed by atoms with Gasteiger partial charge in [-0.3, -0.25) is 4.79 Å². The molecular weight excluding hydrogens is 252 g/mol. The van der Waals surface area contributed by atoms with E-state index >= 15 is 0 Å². The van der Waals surface area contributed by atoms with Crippen molar-refractivity contribution in [1.82, 2.24) is 0 Å². The van der Waals surface area contributed by atoms with E-state index in [9.17, 15) is 9.90 Å². The Morgan fingerprint density at radius 2 is 1.55 bits per heavy atom. The molecule has 0 fully saturated rings. The van der Waals surface area contributed by atoms with Crippen molar-refractivity contribution in [2.45, 2.75) is 25.7 Å². The Hall–Kier alpha value is -1.97. The van der Waals surface area contributed by atoms with Crippen molar-refractivity contribution >= 4 is 6.29 Å². The molecule has 1 N–H and O–H groups in total. The number of ether oxygens (including phenoxy) is 1. The molecule has 2 aromatic rings. The standard InChI is InChI=1S/C17H18O3/c1-13(2)20-17(19,12-18)16-10-8-15(9-11-16)14-6-4-3-5-7-14/h3-13,19H,1-2H3/t17-/m0/s1. The van der Waals surface area contributed by atoms with E-state index in [4.69, 9.17) is 4.74 Å². The first-order chi connectivity index (χ1) is 9.55. The number of hydrogen-bond acceptors (Lipinski definition) is 3. The van der Waals surface area contributed by atoms with Gasteiger partial charge in [-0.2, -0.15) is 0 Å². The molecular formula is C17H18O3. The molecule has 1 atom stereocenters. The minimum absolute atomic E-state index is 0.251. The fourth-order valence-corrected chi connectivity index (χ4v) is 2.06. The molecule has 0 radical (unpaired) electrons. The van der Waals surface area contributed by atoms with Gasteiger partial charge in [-0.1, -0.05) is 54.6 Å². The van der Waals surface area contributed by atoms with Crippen molar-refractivity contribution in [2.24, 2.45) is 0 Å². The van der Waals surface area contributed by atoms with Gasteiger partial charge in [-0.15, -0.1) is 0 Å². The molecule has 0 saturated carbocycles. The average molecular weight is 270 g/mol. The summed E-state index contributed by atoms with van der Waals surface area (Å²) in [4.78, 5) is 11.1. The highest BCUT2D eigenvalue weighted by Crippen LogP contribution is 2.26. The predicted octanol–water partition coefficient (Wildman–Crippen LogP) is 3.12. The fourth-order valence-electron chi connectivity index (χ4n) is 2.06. The lowest BCUT2D eigenvalue weighted by Gasteiger charge is -2.25. The third-order valence-corrected chi connectivity index (χ3v) is 2.98. The topological polar surface area (TPSA) is 46.5 Å². The summed E-state index contributed by atoms with van der Waals surface area (Å²) in [7, 11) is 0. The van der Waals surface area contributed by atoms with Gasteiger partial charge in [0.05, 0.1) is 6.10 Å². The molecule has 0 amide bonds. The summed E-state index contributed by atoms with van der Waals surface area (Å²) < 4.78 is 5.31. The van der Waals surface area contributed by atoms with Gasteiger partial charge in [0.2, 0.25) is 0 Å². The van der Waals surface area contributed by atoms with Crippen LogP contribution in [-0.4, -0.2) is 17.5 Å². The van der Waals surface area contributed by atoms with Crippen molar-refractivity contribution in [3.05, 3.63) is 60.2 Å². The number of aliphatic hydroxyl groups is 1. The Morgan fingerprint density at radius 3 is 2.05 bits per heavy atom. The van der Waals surface area contributed by atoms with Crippen LogP contribution in [-0.2, 0) is 15.3 Å². The Labute approximate surface area is 118 Å². The quantitative estimate of drug-likeness (QED) is 0.670. The van der Waals surface area contributed by atoms with E-state index < -0.39 is 5.79 Å². The first-order valence-corrected chi connectivity index (χ1v) is 6.57. The molecule has 0 aromatic heterocycles. The van der Waals surface area contributed by atoms with Gasteiger partial charge in [0.1, 0.15) is 0 Å². The molecule has 0 unspecified atom stereocenters. The summed E-state index contributed by atoms with van der Waals surface area (Å²) in [6, 6.07) is 17.0. The second-order valence-electron chi connectivity index (χ2n) is 4.92. The molecule has 0 spiro atoms. The smallest absolute Gasteiger partial charge is 0.251 e. The van der Waals surface area contributed by atoms with Crippen molar-refractivity contribution in [1.29, 1.82) is 0 Å². The van der Waals surface area contributed by atoms with Gasteiger partial charge in [0.15, 0.2) is 6.29 Å². The molecule has 0 bridgehead atoms. The zero-order valence-electron chi connectivity index (χ0n) is 11.6. The molecule has 2 aromatic carbocycles. The SMILES string of the molecule is CC(C)O[C@@](O)(C=O)c1ccc(-c2ccccc2)cc1. The van der Waals surface area contributed by atoms with Crippen molar-refractivity contribution in [3.63, 3.8) is 0 Å². The number of carbonyl (C=O) groups is 1. The molecule has 2 rings (SSSR count). The van der Waals surface area contributed by atoms with E-state index in [0.29, 0.717) is 11.8 Å². The second-order valence-corrected chi connectivity index (χ2v) is 4.92. The first-order valence-electron chi connectivity index (χ1n) is 6.57. The van der Waals surface area contributed by atoms with Crippen LogP contribution in [0.4, 0.5) is 0 Å². The third-order valence-electron chi connectivity index (χ3n) is 2.98. The number of aldehydes is 1. The summed E-state index contributed by atoms with van der Waals surface area (Å²) in [6.45, 7) is 3.54. The Kier molecular flexibility index (Phi) is 4.32. The summed E-state index contributed by atoms with van der Waals surface area (Å²) in [5.41, 5.74) is 2.53. The molecule has 3 heteroatoms. The lowest BCUT2D eigenvalue weighted by Crippen LogP contribution is -2.33. The van der Waals surface area contributed by atoms with Gasteiger partial charge < -0.3 is 9.84 Å². The minimum atomic E-state index is -1.89. The highest BCUT2D eigenvalue weighted by Gasteiger charge is 2.31. The van der Waals surface area contributed by atoms with Crippen LogP contribution in [0.25, 0.3) is 11.1 Å². The van der Waals surface area contributed by atoms with E-state index in [1.54, 1.807) is 26.0 Å². The summed E-state index contributed by atoms with van der Waals surface area (Å²) in [5.74, 6) is -1.89. The fraction of sp³-hybridized carbons (Fsp3) is 0.235. The number of hydrogen-bond donors (Lipinski definition) is 1. The molecule has 0 aliphatic rings. The number of rotatable bonds is 5. The van der Waals surface area contributed by atoms with Crippen LogP contribution in [0.2, 0.25) is 0 Å². The molecule has 0 heterocycles. The van der Waals surface area contributed by atoms with Crippen LogP contribution in [0.15, 0.2) is 54.6 Å². The summed E-state index contributed by atoms with van der Waals surface area (Å²) in [6.07, 6.45) is 0.170. The maximum atomic E-state index is 11.1. The molecule has 0 aliphatic heterocycles. The minimum Gasteiger partial charge on any atom is -0.356 e. The van der Waals surface area contributed by atoms with Gasteiger partial charge in [0.25, 0.3) is 5.79 Å². The predicted molar refractivity (Wildman–Crippen MR) is 78.1 cm³/mol. The number of benzene rings is 2. The van der Waals surface area contributed by atoms with Crippen LogP contribution in [0.1, 0.15) is 19.4 Å². The van der Waals surface area contributed by atoms with Crippen LogP contribution in [0.3, 0.4) is 0 Å². The molecule has 20 heavy (non-hydrogen) atoms. The molecule has 104 valence electrons. The van der Waals surface area contributed by atoms with Crippen LogP contribution in [0, 0.1) is 0 Å². The first kappa shape index (κ1) is 14.4. The summed E-state index contributed by atoms with van der Waals surface area (Å²) >= 11 is 0. The maximum Gasteiger partial charge on any atom is 0.251 e. The highest BCUT2D eigenvalue weighted by molar-refractivity contribution is 5.67. The number of carbonyl (C=O) groups excluding carboxylic acids is 1. The van der Waals surface area contributed by atoms with Gasteiger partial charge in [0, 0.05) is 5.56 Å². The van der Waals surface area contributed by atoms with E-state index in [1.807, 2.05) is 42.5 Å². The largest absolute Gasteiger partial charge is 0.356 e. The van der Waals surface area contributed by atoms with E-state index in [1.165, 1.54) is 0 Å². The molecule has 3 nitrogen and oxygen atoms in total. The van der Waals surface area contributed by atoms with Crippen LogP contribution < -0.4 is 0 Å². The maximum absolute atomic E-state index is 11.1. The van der Waals surface area contributed by atoms with Gasteiger partial charge >= 0.3 is 0 Å². The van der Waals surface area contributed by atoms with Crippen LogP contribution >= 0.6 is 0 Å². The zero-order chi connectivity index (χ0) is 14.6. The highest BCUT2D eigenvalue weighted by atomic mass is 16.6. The normalized spacial score (nSPS) is 14.0. The summed E-state index contributed by atoms with van der Waals surface area (Å²) in [5, 5.41) is 10.2. The monoisotopic (exact) mass is 270 g/mol. The zero-order valence-corrected chi connectivity index (χ0v) is 11.6. The molecule has 0 aliphatic carbocycles. The van der Waals surface area contributed by atoms with E-state index in [2.05, 4.69) is 0 Å². The Morgan fingerprint density at radius 1 is 1.00 bits per heavy atom.